The highest BCUT2D eigenvalue weighted by molar-refractivity contribution is 5.11. The molecule has 2 heterocycles. The van der Waals surface area contributed by atoms with Crippen molar-refractivity contribution in [2.24, 2.45) is 0 Å². The van der Waals surface area contributed by atoms with E-state index in [1.165, 1.54) is 0 Å². The Morgan fingerprint density at radius 3 is 3.00 bits per heavy atom. The van der Waals surface area contributed by atoms with Crippen molar-refractivity contribution in [1.29, 1.82) is 0 Å². The summed E-state index contributed by atoms with van der Waals surface area (Å²) in [4.78, 5) is 8.26. The number of nitrogens with zero attached hydrogens (tertiary/aromatic N) is 2. The number of aromatic nitrogens is 2. The van der Waals surface area contributed by atoms with E-state index in [2.05, 4.69) is 15.3 Å². The summed E-state index contributed by atoms with van der Waals surface area (Å²) < 4.78 is 11.0. The minimum atomic E-state index is 0.220. The lowest BCUT2D eigenvalue weighted by Gasteiger charge is -2.22. The fraction of sp³-hybridized carbons (Fsp3) is 0.636. The fourth-order valence-electron chi connectivity index (χ4n) is 1.67. The van der Waals surface area contributed by atoms with Crippen LogP contribution in [0.15, 0.2) is 12.3 Å². The molecule has 1 aromatic heterocycles. The minimum Gasteiger partial charge on any atom is -0.478 e. The van der Waals surface area contributed by atoms with E-state index in [1.807, 2.05) is 6.92 Å². The van der Waals surface area contributed by atoms with E-state index in [0.717, 1.165) is 25.9 Å². The van der Waals surface area contributed by atoms with Crippen molar-refractivity contribution in [3.05, 3.63) is 12.3 Å². The third-order valence-electron chi connectivity index (χ3n) is 2.46. The molecule has 0 spiro atoms. The van der Waals surface area contributed by atoms with Gasteiger partial charge in [0.25, 0.3) is 0 Å². The molecule has 0 amide bonds. The van der Waals surface area contributed by atoms with E-state index in [-0.39, 0.29) is 6.10 Å². The van der Waals surface area contributed by atoms with Crippen LogP contribution in [0.5, 0.6) is 11.9 Å². The van der Waals surface area contributed by atoms with E-state index in [0.29, 0.717) is 18.5 Å². The summed E-state index contributed by atoms with van der Waals surface area (Å²) in [5, 5.41) is 3.29. The molecule has 0 saturated carbocycles. The number of hydrogen-bond acceptors (Lipinski definition) is 5. The molecule has 0 bridgehead atoms. The van der Waals surface area contributed by atoms with Crippen LogP contribution >= 0.6 is 0 Å². The average molecular weight is 223 g/mol. The second-order valence-corrected chi connectivity index (χ2v) is 3.68. The van der Waals surface area contributed by atoms with E-state index >= 15 is 0 Å². The van der Waals surface area contributed by atoms with Gasteiger partial charge in [-0.15, -0.1) is 0 Å². The van der Waals surface area contributed by atoms with Gasteiger partial charge in [-0.3, -0.25) is 0 Å². The zero-order valence-electron chi connectivity index (χ0n) is 9.48. The molecule has 1 aromatic rings. The number of rotatable bonds is 4. The first-order valence-corrected chi connectivity index (χ1v) is 5.71. The SMILES string of the molecule is CCOc1ccnc(OC2CCNCC2)n1. The second-order valence-electron chi connectivity index (χ2n) is 3.68. The van der Waals surface area contributed by atoms with Crippen LogP contribution in [0.25, 0.3) is 0 Å². The van der Waals surface area contributed by atoms with Gasteiger partial charge < -0.3 is 14.8 Å². The number of ether oxygens (including phenoxy) is 2. The Bertz CT molecular complexity index is 327. The molecule has 0 aromatic carbocycles. The van der Waals surface area contributed by atoms with Crippen LogP contribution in [0.2, 0.25) is 0 Å². The third kappa shape index (κ3) is 3.06. The first-order valence-electron chi connectivity index (χ1n) is 5.71. The van der Waals surface area contributed by atoms with Gasteiger partial charge >= 0.3 is 6.01 Å². The van der Waals surface area contributed by atoms with Crippen LogP contribution in [0.4, 0.5) is 0 Å². The Morgan fingerprint density at radius 1 is 1.44 bits per heavy atom. The maximum Gasteiger partial charge on any atom is 0.319 e. The Labute approximate surface area is 95.2 Å². The first-order chi connectivity index (χ1) is 7.88. The number of hydrogen-bond donors (Lipinski definition) is 1. The van der Waals surface area contributed by atoms with Crippen molar-refractivity contribution in [2.45, 2.75) is 25.9 Å². The summed E-state index contributed by atoms with van der Waals surface area (Å²) in [5.41, 5.74) is 0. The van der Waals surface area contributed by atoms with Crippen molar-refractivity contribution >= 4 is 0 Å². The monoisotopic (exact) mass is 223 g/mol. The lowest BCUT2D eigenvalue weighted by Crippen LogP contribution is -2.34. The zero-order chi connectivity index (χ0) is 11.2. The van der Waals surface area contributed by atoms with Gasteiger partial charge in [-0.1, -0.05) is 0 Å². The standard InChI is InChI=1S/C11H17N3O2/c1-2-15-10-5-8-13-11(14-10)16-9-3-6-12-7-4-9/h5,8-9,12H,2-4,6-7H2,1H3. The highest BCUT2D eigenvalue weighted by Gasteiger charge is 2.15. The summed E-state index contributed by atoms with van der Waals surface area (Å²) in [6.45, 7) is 4.52. The van der Waals surface area contributed by atoms with Crippen LogP contribution < -0.4 is 14.8 Å². The third-order valence-corrected chi connectivity index (χ3v) is 2.46. The van der Waals surface area contributed by atoms with Gasteiger partial charge in [0.15, 0.2) is 0 Å². The zero-order valence-corrected chi connectivity index (χ0v) is 9.48. The Morgan fingerprint density at radius 2 is 2.25 bits per heavy atom. The molecule has 1 aliphatic heterocycles. The molecule has 0 atom stereocenters. The van der Waals surface area contributed by atoms with Crippen molar-refractivity contribution in [1.82, 2.24) is 15.3 Å². The predicted molar refractivity (Wildman–Crippen MR) is 59.7 cm³/mol. The van der Waals surface area contributed by atoms with Crippen LogP contribution in [0.1, 0.15) is 19.8 Å². The predicted octanol–water partition coefficient (Wildman–Crippen LogP) is 1.01. The highest BCUT2D eigenvalue weighted by Crippen LogP contribution is 2.14. The van der Waals surface area contributed by atoms with Crippen molar-refractivity contribution in [3.63, 3.8) is 0 Å². The van der Waals surface area contributed by atoms with Gasteiger partial charge in [-0.05, 0) is 32.9 Å². The molecule has 1 aliphatic rings. The van der Waals surface area contributed by atoms with Gasteiger partial charge in [-0.25, -0.2) is 4.98 Å². The quantitative estimate of drug-likeness (QED) is 0.825. The van der Waals surface area contributed by atoms with Gasteiger partial charge in [0, 0.05) is 12.3 Å². The molecule has 1 saturated heterocycles. The molecule has 5 heteroatoms. The van der Waals surface area contributed by atoms with Crippen molar-refractivity contribution in [2.75, 3.05) is 19.7 Å². The van der Waals surface area contributed by atoms with Crippen LogP contribution in [-0.4, -0.2) is 35.8 Å². The minimum absolute atomic E-state index is 0.220. The highest BCUT2D eigenvalue weighted by atomic mass is 16.5. The first kappa shape index (κ1) is 11.1. The summed E-state index contributed by atoms with van der Waals surface area (Å²) in [5.74, 6) is 0.571. The number of piperidine rings is 1. The van der Waals surface area contributed by atoms with Gasteiger partial charge in [0.2, 0.25) is 5.88 Å². The summed E-state index contributed by atoms with van der Waals surface area (Å²) in [7, 11) is 0. The molecule has 88 valence electrons. The second kappa shape index (κ2) is 5.65. The number of nitrogens with one attached hydrogen (secondary N) is 1. The van der Waals surface area contributed by atoms with Gasteiger partial charge in [0.05, 0.1) is 6.61 Å². The maximum absolute atomic E-state index is 5.70. The normalized spacial score (nSPS) is 17.1. The molecule has 0 aliphatic carbocycles. The summed E-state index contributed by atoms with van der Waals surface area (Å²) in [6, 6.07) is 2.15. The largest absolute Gasteiger partial charge is 0.478 e. The molecule has 5 nitrogen and oxygen atoms in total. The fourth-order valence-corrected chi connectivity index (χ4v) is 1.67. The van der Waals surface area contributed by atoms with Crippen LogP contribution in [0, 0.1) is 0 Å². The molecule has 16 heavy (non-hydrogen) atoms. The van der Waals surface area contributed by atoms with Crippen LogP contribution in [0.3, 0.4) is 0 Å². The van der Waals surface area contributed by atoms with E-state index in [1.54, 1.807) is 12.3 Å². The lowest BCUT2D eigenvalue weighted by molar-refractivity contribution is 0.147. The average Bonchev–Trinajstić information content (AvgIpc) is 2.31. The van der Waals surface area contributed by atoms with Crippen molar-refractivity contribution < 1.29 is 9.47 Å². The summed E-state index contributed by atoms with van der Waals surface area (Å²) >= 11 is 0. The Hall–Kier alpha value is -1.36. The maximum atomic E-state index is 5.70. The van der Waals surface area contributed by atoms with E-state index in [4.69, 9.17) is 9.47 Å². The topological polar surface area (TPSA) is 56.3 Å². The van der Waals surface area contributed by atoms with Crippen LogP contribution in [-0.2, 0) is 0 Å². The summed E-state index contributed by atoms with van der Waals surface area (Å²) in [6.07, 6.45) is 3.89. The van der Waals surface area contributed by atoms with Gasteiger partial charge in [0.1, 0.15) is 6.10 Å². The van der Waals surface area contributed by atoms with E-state index < -0.39 is 0 Å². The molecule has 2 rings (SSSR count). The molecular weight excluding hydrogens is 206 g/mol. The molecule has 1 N–H and O–H groups in total. The van der Waals surface area contributed by atoms with Gasteiger partial charge in [-0.2, -0.15) is 4.98 Å². The molecule has 1 fully saturated rings. The molecular formula is C11H17N3O2. The molecule has 0 radical (unpaired) electrons. The Balaban J connectivity index is 1.94. The smallest absolute Gasteiger partial charge is 0.319 e. The van der Waals surface area contributed by atoms with Crippen molar-refractivity contribution in [3.8, 4) is 11.9 Å². The Kier molecular flexibility index (Phi) is 3.93. The molecule has 0 unspecified atom stereocenters. The van der Waals surface area contributed by atoms with E-state index in [9.17, 15) is 0 Å². The lowest BCUT2D eigenvalue weighted by atomic mass is 10.1.